The molecule has 0 aliphatic rings. The van der Waals surface area contributed by atoms with Crippen LogP contribution in [-0.4, -0.2) is 18.2 Å². The standard InChI is InChI=1S/C18H14F3N3O2/c1-12(14-3-2-4-15(9-14)18(19,20)21)23-24-17(25)11-26-16-7-5-13(10-22)6-8-16/h2-9H,11H2,1H3,(H,24,25)/b23-12-. The molecule has 1 amide bonds. The molecule has 0 aliphatic carbocycles. The summed E-state index contributed by atoms with van der Waals surface area (Å²) in [5.74, 6) is -0.168. The van der Waals surface area contributed by atoms with Gasteiger partial charge in [0.1, 0.15) is 5.75 Å². The summed E-state index contributed by atoms with van der Waals surface area (Å²) in [6.07, 6.45) is -4.45. The molecule has 0 unspecified atom stereocenters. The summed E-state index contributed by atoms with van der Waals surface area (Å²) in [5.41, 5.74) is 2.36. The molecule has 2 aromatic rings. The molecule has 26 heavy (non-hydrogen) atoms. The van der Waals surface area contributed by atoms with E-state index in [-0.39, 0.29) is 17.9 Å². The van der Waals surface area contributed by atoms with Crippen LogP contribution in [0.25, 0.3) is 0 Å². The van der Waals surface area contributed by atoms with Crippen molar-refractivity contribution in [2.45, 2.75) is 13.1 Å². The lowest BCUT2D eigenvalue weighted by Crippen LogP contribution is -2.25. The molecular weight excluding hydrogens is 347 g/mol. The van der Waals surface area contributed by atoms with Gasteiger partial charge in [-0.1, -0.05) is 12.1 Å². The van der Waals surface area contributed by atoms with Gasteiger partial charge in [0, 0.05) is 0 Å². The highest BCUT2D eigenvalue weighted by molar-refractivity contribution is 5.99. The fourth-order valence-electron chi connectivity index (χ4n) is 1.94. The Morgan fingerprint density at radius 3 is 2.54 bits per heavy atom. The number of hydrazone groups is 1. The van der Waals surface area contributed by atoms with Gasteiger partial charge in [0.25, 0.3) is 5.91 Å². The van der Waals surface area contributed by atoms with Crippen molar-refractivity contribution < 1.29 is 22.7 Å². The molecule has 0 heterocycles. The van der Waals surface area contributed by atoms with Gasteiger partial charge in [-0.2, -0.15) is 23.5 Å². The van der Waals surface area contributed by atoms with Crippen molar-refractivity contribution in [2.24, 2.45) is 5.10 Å². The summed E-state index contributed by atoms with van der Waals surface area (Å²) in [7, 11) is 0. The van der Waals surface area contributed by atoms with Gasteiger partial charge in [-0.25, -0.2) is 5.43 Å². The van der Waals surface area contributed by atoms with Crippen molar-refractivity contribution >= 4 is 11.6 Å². The first-order valence-electron chi connectivity index (χ1n) is 7.43. The van der Waals surface area contributed by atoms with Gasteiger partial charge in [-0.3, -0.25) is 4.79 Å². The normalized spacial score (nSPS) is 11.6. The number of benzene rings is 2. The highest BCUT2D eigenvalue weighted by Crippen LogP contribution is 2.29. The molecular formula is C18H14F3N3O2. The van der Waals surface area contributed by atoms with Crippen molar-refractivity contribution in [1.82, 2.24) is 5.43 Å². The second-order valence-corrected chi connectivity index (χ2v) is 5.24. The van der Waals surface area contributed by atoms with Gasteiger partial charge in [0.2, 0.25) is 0 Å². The van der Waals surface area contributed by atoms with Crippen LogP contribution in [0.5, 0.6) is 5.75 Å². The predicted molar refractivity (Wildman–Crippen MR) is 88.4 cm³/mol. The highest BCUT2D eigenvalue weighted by atomic mass is 19.4. The van der Waals surface area contributed by atoms with Crippen LogP contribution in [0.2, 0.25) is 0 Å². The highest BCUT2D eigenvalue weighted by Gasteiger charge is 2.30. The number of hydrogen-bond acceptors (Lipinski definition) is 4. The zero-order chi connectivity index (χ0) is 19.2. The van der Waals surface area contributed by atoms with Crippen molar-refractivity contribution in [3.05, 3.63) is 65.2 Å². The number of amides is 1. The minimum atomic E-state index is -4.45. The largest absolute Gasteiger partial charge is 0.484 e. The number of ether oxygens (including phenoxy) is 1. The Morgan fingerprint density at radius 1 is 1.23 bits per heavy atom. The van der Waals surface area contributed by atoms with Gasteiger partial charge in [-0.05, 0) is 48.9 Å². The molecule has 0 saturated heterocycles. The lowest BCUT2D eigenvalue weighted by molar-refractivity contribution is -0.137. The Hall–Kier alpha value is -3.34. The number of rotatable bonds is 5. The van der Waals surface area contributed by atoms with Crippen LogP contribution in [0.1, 0.15) is 23.6 Å². The number of carbonyl (C=O) groups is 1. The first-order valence-corrected chi connectivity index (χ1v) is 7.43. The Bertz CT molecular complexity index is 853. The maximum Gasteiger partial charge on any atom is 0.416 e. The molecule has 0 bridgehead atoms. The lowest BCUT2D eigenvalue weighted by atomic mass is 10.1. The molecule has 1 N–H and O–H groups in total. The van der Waals surface area contributed by atoms with E-state index in [9.17, 15) is 18.0 Å². The molecule has 2 rings (SSSR count). The van der Waals surface area contributed by atoms with Gasteiger partial charge in [0.15, 0.2) is 6.61 Å². The third-order valence-electron chi connectivity index (χ3n) is 3.31. The summed E-state index contributed by atoms with van der Waals surface area (Å²) in [6.45, 7) is 1.16. The summed E-state index contributed by atoms with van der Waals surface area (Å²) < 4.78 is 43.4. The van der Waals surface area contributed by atoms with Gasteiger partial charge in [-0.15, -0.1) is 0 Å². The minimum absolute atomic E-state index is 0.225. The third-order valence-corrected chi connectivity index (χ3v) is 3.31. The predicted octanol–water partition coefficient (Wildman–Crippen LogP) is 3.50. The maximum atomic E-state index is 12.7. The maximum absolute atomic E-state index is 12.7. The second kappa shape index (κ2) is 8.16. The summed E-state index contributed by atoms with van der Waals surface area (Å²) in [4.78, 5) is 11.7. The van der Waals surface area contributed by atoms with Crippen molar-refractivity contribution in [3.8, 4) is 11.8 Å². The summed E-state index contributed by atoms with van der Waals surface area (Å²) in [6, 6.07) is 12.8. The van der Waals surface area contributed by atoms with Crippen LogP contribution in [0.4, 0.5) is 13.2 Å². The van der Waals surface area contributed by atoms with E-state index in [0.717, 1.165) is 12.1 Å². The number of hydrogen-bond donors (Lipinski definition) is 1. The van der Waals surface area contributed by atoms with Crippen molar-refractivity contribution in [3.63, 3.8) is 0 Å². The summed E-state index contributed by atoms with van der Waals surface area (Å²) >= 11 is 0. The zero-order valence-corrected chi connectivity index (χ0v) is 13.7. The number of alkyl halides is 3. The molecule has 0 fully saturated rings. The smallest absolute Gasteiger partial charge is 0.416 e. The monoisotopic (exact) mass is 361 g/mol. The third kappa shape index (κ3) is 5.34. The quantitative estimate of drug-likeness (QED) is 0.654. The molecule has 2 aromatic carbocycles. The number of nitriles is 1. The zero-order valence-electron chi connectivity index (χ0n) is 13.7. The topological polar surface area (TPSA) is 74.5 Å². The van der Waals surface area contributed by atoms with Crippen LogP contribution in [0.3, 0.4) is 0 Å². The second-order valence-electron chi connectivity index (χ2n) is 5.24. The van der Waals surface area contributed by atoms with Crippen molar-refractivity contribution in [1.29, 1.82) is 5.26 Å². The van der Waals surface area contributed by atoms with E-state index in [1.807, 2.05) is 6.07 Å². The van der Waals surface area contributed by atoms with Gasteiger partial charge >= 0.3 is 6.18 Å². The molecule has 0 spiro atoms. The van der Waals surface area contributed by atoms with Crippen LogP contribution in [0.15, 0.2) is 53.6 Å². The van der Waals surface area contributed by atoms with Crippen LogP contribution < -0.4 is 10.2 Å². The molecule has 0 saturated carbocycles. The van der Waals surface area contributed by atoms with Gasteiger partial charge in [0.05, 0.1) is 22.9 Å². The van der Waals surface area contributed by atoms with E-state index in [4.69, 9.17) is 10.00 Å². The van der Waals surface area contributed by atoms with E-state index < -0.39 is 17.6 Å². The van der Waals surface area contributed by atoms with Crippen LogP contribution in [0, 0.1) is 11.3 Å². The average Bonchev–Trinajstić information content (AvgIpc) is 2.64. The number of halogens is 3. The molecule has 0 radical (unpaired) electrons. The summed E-state index contributed by atoms with van der Waals surface area (Å²) in [5, 5.41) is 12.5. The van der Waals surface area contributed by atoms with E-state index in [0.29, 0.717) is 11.3 Å². The van der Waals surface area contributed by atoms with Crippen molar-refractivity contribution in [2.75, 3.05) is 6.61 Å². The van der Waals surface area contributed by atoms with E-state index in [1.54, 1.807) is 24.3 Å². The minimum Gasteiger partial charge on any atom is -0.484 e. The number of nitrogens with zero attached hydrogens (tertiary/aromatic N) is 2. The van der Waals surface area contributed by atoms with Crippen LogP contribution >= 0.6 is 0 Å². The molecule has 8 heteroatoms. The fourth-order valence-corrected chi connectivity index (χ4v) is 1.94. The van der Waals surface area contributed by atoms with E-state index in [1.165, 1.54) is 19.1 Å². The van der Waals surface area contributed by atoms with Gasteiger partial charge < -0.3 is 4.74 Å². The Balaban J connectivity index is 1.93. The molecule has 134 valence electrons. The SMILES string of the molecule is C/C(=N/NC(=O)COc1ccc(C#N)cc1)c1cccc(C(F)(F)F)c1. The molecule has 5 nitrogen and oxygen atoms in total. The number of carbonyl (C=O) groups excluding carboxylic acids is 1. The average molecular weight is 361 g/mol. The first kappa shape index (κ1) is 19.0. The Labute approximate surface area is 147 Å². The Morgan fingerprint density at radius 2 is 1.92 bits per heavy atom. The van der Waals surface area contributed by atoms with E-state index in [2.05, 4.69) is 10.5 Å². The molecule has 0 aliphatic heterocycles. The van der Waals surface area contributed by atoms with Crippen LogP contribution in [-0.2, 0) is 11.0 Å². The number of nitrogens with one attached hydrogen (secondary N) is 1. The first-order chi connectivity index (χ1) is 12.3. The molecule has 0 aromatic heterocycles. The Kier molecular flexibility index (Phi) is 5.96. The van der Waals surface area contributed by atoms with E-state index >= 15 is 0 Å². The fraction of sp³-hybridized carbons (Fsp3) is 0.167. The lowest BCUT2D eigenvalue weighted by Gasteiger charge is -2.09. The molecule has 0 atom stereocenters.